The summed E-state index contributed by atoms with van der Waals surface area (Å²) in [5.41, 5.74) is 0. The summed E-state index contributed by atoms with van der Waals surface area (Å²) in [5, 5.41) is 0. The smallest absolute Gasteiger partial charge is 0.418 e. The average Bonchev–Trinajstić information content (AvgIpc) is 2.45. The van der Waals surface area contributed by atoms with Gasteiger partial charge in [-0.3, -0.25) is 0 Å². The summed E-state index contributed by atoms with van der Waals surface area (Å²) in [6.07, 6.45) is 10.3. The number of imidazole rings is 1. The minimum Gasteiger partial charge on any atom is -0.418 e. The van der Waals surface area contributed by atoms with Crippen LogP contribution in [0.1, 0.15) is 6.92 Å². The van der Waals surface area contributed by atoms with Gasteiger partial charge in [0.15, 0.2) is 0 Å². The lowest BCUT2D eigenvalue weighted by Crippen LogP contribution is -2.29. The predicted octanol–water partition coefficient (Wildman–Crippen LogP) is 2.19. The van der Waals surface area contributed by atoms with Crippen molar-refractivity contribution < 1.29 is 21.8 Å². The minimum atomic E-state index is -6.00. The number of halogens is 4. The van der Waals surface area contributed by atoms with Crippen molar-refractivity contribution >= 4 is 7.25 Å². The van der Waals surface area contributed by atoms with Crippen LogP contribution >= 0.6 is 0 Å². The molecule has 0 saturated carbocycles. The van der Waals surface area contributed by atoms with E-state index in [4.69, 9.17) is 0 Å². The van der Waals surface area contributed by atoms with Gasteiger partial charge in [0.25, 0.3) is 0 Å². The zero-order valence-corrected chi connectivity index (χ0v) is 8.58. The van der Waals surface area contributed by atoms with Crippen molar-refractivity contribution in [3.05, 3.63) is 30.9 Å². The van der Waals surface area contributed by atoms with Crippen LogP contribution in [0.25, 0.3) is 0 Å². The Morgan fingerprint density at radius 1 is 1.33 bits per heavy atom. The Bertz CT molecular complexity index is 300. The topological polar surface area (TPSA) is 8.81 Å². The molecule has 15 heavy (non-hydrogen) atoms. The highest BCUT2D eigenvalue weighted by molar-refractivity contribution is 6.50. The molecular weight excluding hydrogens is 211 g/mol. The Kier molecular flexibility index (Phi) is 5.73. The zero-order valence-electron chi connectivity index (χ0n) is 8.58. The first-order chi connectivity index (χ1) is 6.83. The van der Waals surface area contributed by atoms with E-state index in [1.807, 2.05) is 24.7 Å². The van der Waals surface area contributed by atoms with Gasteiger partial charge in [-0.2, -0.15) is 0 Å². The maximum absolute atomic E-state index is 9.75. The molecular formula is C8H13BF4N2. The molecule has 0 unspecified atom stereocenters. The summed E-state index contributed by atoms with van der Waals surface area (Å²) in [5.74, 6) is 0. The quantitative estimate of drug-likeness (QED) is 0.315. The number of hydrogen-bond acceptors (Lipinski definition) is 0. The number of hydrogen-bond donors (Lipinski definition) is 0. The zero-order chi connectivity index (χ0) is 11.9. The van der Waals surface area contributed by atoms with Gasteiger partial charge >= 0.3 is 7.25 Å². The molecule has 0 aliphatic rings. The van der Waals surface area contributed by atoms with Crippen LogP contribution in [-0.2, 0) is 13.6 Å². The highest BCUT2D eigenvalue weighted by atomic mass is 19.5. The van der Waals surface area contributed by atoms with Gasteiger partial charge in [0.2, 0.25) is 6.33 Å². The van der Waals surface area contributed by atoms with Crippen LogP contribution in [-0.4, -0.2) is 11.8 Å². The summed E-state index contributed by atoms with van der Waals surface area (Å²) in [4.78, 5) is 0. The van der Waals surface area contributed by atoms with Crippen molar-refractivity contribution in [2.24, 2.45) is 7.05 Å². The Hall–Kier alpha value is -1.27. The molecule has 86 valence electrons. The molecule has 0 spiro atoms. The van der Waals surface area contributed by atoms with Gasteiger partial charge in [-0.1, -0.05) is 6.08 Å². The Balaban J connectivity index is 0.000000336. The van der Waals surface area contributed by atoms with Crippen molar-refractivity contribution in [3.8, 4) is 0 Å². The molecule has 0 amide bonds. The second-order valence-corrected chi connectivity index (χ2v) is 2.84. The van der Waals surface area contributed by atoms with E-state index in [9.17, 15) is 17.3 Å². The summed E-state index contributed by atoms with van der Waals surface area (Å²) in [7, 11) is -3.98. The first kappa shape index (κ1) is 13.7. The molecule has 0 aromatic carbocycles. The van der Waals surface area contributed by atoms with Crippen LogP contribution in [0.4, 0.5) is 17.3 Å². The summed E-state index contributed by atoms with van der Waals surface area (Å²) >= 11 is 0. The van der Waals surface area contributed by atoms with Gasteiger partial charge in [0.1, 0.15) is 18.9 Å². The van der Waals surface area contributed by atoms with Gasteiger partial charge in [0.05, 0.1) is 7.05 Å². The first-order valence-electron chi connectivity index (χ1n) is 4.32. The molecule has 0 N–H and O–H groups in total. The van der Waals surface area contributed by atoms with Crippen LogP contribution in [0.5, 0.6) is 0 Å². The van der Waals surface area contributed by atoms with Crippen molar-refractivity contribution in [1.29, 1.82) is 0 Å². The molecule has 1 aromatic heterocycles. The van der Waals surface area contributed by atoms with Crippen LogP contribution < -0.4 is 4.57 Å². The molecule has 0 atom stereocenters. The van der Waals surface area contributed by atoms with Gasteiger partial charge < -0.3 is 17.3 Å². The standard InChI is InChI=1S/C8H13N2.BF4/c1-3-4-5-10-7-6-9(2)8-10;2-1(3,4)5/h3-4,6-8H,5H2,1-2H3;/q+1;-1/b4-3+;. The molecule has 7 heteroatoms. The average molecular weight is 224 g/mol. The molecule has 0 radical (unpaired) electrons. The SMILES string of the molecule is C/C=C/C[n+]1ccn(C)c1.F[B-](F)(F)F. The minimum absolute atomic E-state index is 0.970. The molecule has 1 aromatic rings. The van der Waals surface area contributed by atoms with Crippen LogP contribution in [0.2, 0.25) is 0 Å². The molecule has 1 rings (SSSR count). The largest absolute Gasteiger partial charge is 0.673 e. The lowest BCUT2D eigenvalue weighted by molar-refractivity contribution is -0.686. The molecule has 0 saturated heterocycles. The highest BCUT2D eigenvalue weighted by Crippen LogP contribution is 2.06. The summed E-state index contributed by atoms with van der Waals surface area (Å²) in [6.45, 7) is 3.00. The highest BCUT2D eigenvalue weighted by Gasteiger charge is 2.20. The molecule has 0 aliphatic heterocycles. The third-order valence-corrected chi connectivity index (χ3v) is 1.38. The first-order valence-corrected chi connectivity index (χ1v) is 4.32. The molecule has 0 bridgehead atoms. The number of aromatic nitrogens is 2. The third kappa shape index (κ3) is 10.7. The fourth-order valence-electron chi connectivity index (χ4n) is 0.837. The van der Waals surface area contributed by atoms with E-state index in [1.54, 1.807) is 0 Å². The van der Waals surface area contributed by atoms with E-state index in [1.165, 1.54) is 0 Å². The fourth-order valence-corrected chi connectivity index (χ4v) is 0.837. The van der Waals surface area contributed by atoms with Crippen molar-refractivity contribution in [3.63, 3.8) is 0 Å². The number of nitrogens with zero attached hydrogens (tertiary/aromatic N) is 2. The molecule has 2 nitrogen and oxygen atoms in total. The van der Waals surface area contributed by atoms with Crippen molar-refractivity contribution in [2.45, 2.75) is 13.5 Å². The van der Waals surface area contributed by atoms with Crippen LogP contribution in [0.15, 0.2) is 30.9 Å². The van der Waals surface area contributed by atoms with Gasteiger partial charge in [-0.25, -0.2) is 9.13 Å². The van der Waals surface area contributed by atoms with E-state index in [0.717, 1.165) is 6.54 Å². The van der Waals surface area contributed by atoms with E-state index >= 15 is 0 Å². The lowest BCUT2D eigenvalue weighted by Gasteiger charge is -1.94. The maximum atomic E-state index is 9.75. The Morgan fingerprint density at radius 2 is 1.87 bits per heavy atom. The lowest BCUT2D eigenvalue weighted by atomic mass is 10.3. The summed E-state index contributed by atoms with van der Waals surface area (Å²) < 4.78 is 43.2. The van der Waals surface area contributed by atoms with E-state index < -0.39 is 7.25 Å². The van der Waals surface area contributed by atoms with E-state index in [-0.39, 0.29) is 0 Å². The predicted molar refractivity (Wildman–Crippen MR) is 50.6 cm³/mol. The number of aryl methyl sites for hydroxylation is 1. The molecule has 1 heterocycles. The van der Waals surface area contributed by atoms with E-state index in [2.05, 4.69) is 29.2 Å². The Labute approximate surface area is 85.9 Å². The van der Waals surface area contributed by atoms with Crippen LogP contribution in [0.3, 0.4) is 0 Å². The fraction of sp³-hybridized carbons (Fsp3) is 0.375. The Morgan fingerprint density at radius 3 is 2.20 bits per heavy atom. The van der Waals surface area contributed by atoms with Crippen LogP contribution in [0, 0.1) is 0 Å². The van der Waals surface area contributed by atoms with Crippen molar-refractivity contribution in [2.75, 3.05) is 0 Å². The third-order valence-electron chi connectivity index (χ3n) is 1.38. The molecule has 0 fully saturated rings. The van der Waals surface area contributed by atoms with Crippen molar-refractivity contribution in [1.82, 2.24) is 4.57 Å². The second-order valence-electron chi connectivity index (χ2n) is 2.84. The van der Waals surface area contributed by atoms with E-state index in [0.29, 0.717) is 0 Å². The maximum Gasteiger partial charge on any atom is 0.673 e. The molecule has 0 aliphatic carbocycles. The van der Waals surface area contributed by atoms with Gasteiger partial charge in [0, 0.05) is 0 Å². The second kappa shape index (κ2) is 6.26. The number of rotatable bonds is 2. The monoisotopic (exact) mass is 224 g/mol. The normalized spacial score (nSPS) is 11.3. The van der Waals surface area contributed by atoms with Gasteiger partial charge in [-0.05, 0) is 13.0 Å². The summed E-state index contributed by atoms with van der Waals surface area (Å²) in [6, 6.07) is 0. The number of allylic oxidation sites excluding steroid dienone is 2. The van der Waals surface area contributed by atoms with Gasteiger partial charge in [-0.15, -0.1) is 0 Å².